The van der Waals surface area contributed by atoms with Crippen molar-refractivity contribution in [3.63, 3.8) is 0 Å². The Hall–Kier alpha value is -2.30. The first-order valence-corrected chi connectivity index (χ1v) is 12.7. The lowest BCUT2D eigenvalue weighted by Crippen LogP contribution is -2.34. The summed E-state index contributed by atoms with van der Waals surface area (Å²) in [5.74, 6) is 0.0530. The smallest absolute Gasteiger partial charge is 0.221 e. The number of aryl methyl sites for hydroxylation is 1. The number of hydrogen-bond acceptors (Lipinski definition) is 2. The molecular formula is C28H38ClN3O. The Kier molecular flexibility index (Phi) is 9.40. The van der Waals surface area contributed by atoms with Crippen LogP contribution in [0.4, 0.5) is 0 Å². The molecule has 33 heavy (non-hydrogen) atoms. The van der Waals surface area contributed by atoms with Crippen LogP contribution in [-0.4, -0.2) is 41.5 Å². The molecule has 1 amide bonds. The van der Waals surface area contributed by atoms with Crippen molar-refractivity contribution in [3.8, 4) is 0 Å². The van der Waals surface area contributed by atoms with Crippen molar-refractivity contribution in [2.75, 3.05) is 19.6 Å². The van der Waals surface area contributed by atoms with E-state index in [0.29, 0.717) is 11.4 Å². The van der Waals surface area contributed by atoms with E-state index in [9.17, 15) is 4.79 Å². The van der Waals surface area contributed by atoms with Crippen molar-refractivity contribution in [2.45, 2.75) is 65.3 Å². The van der Waals surface area contributed by atoms with Crippen molar-refractivity contribution in [1.82, 2.24) is 15.2 Å². The summed E-state index contributed by atoms with van der Waals surface area (Å²) in [6, 6.07) is 14.5. The maximum atomic E-state index is 13.1. The highest BCUT2D eigenvalue weighted by Gasteiger charge is 2.23. The topological polar surface area (TPSA) is 48.1 Å². The number of benzene rings is 2. The first-order chi connectivity index (χ1) is 16.0. The highest BCUT2D eigenvalue weighted by atomic mass is 35.5. The van der Waals surface area contributed by atoms with Gasteiger partial charge in [0.25, 0.3) is 0 Å². The second kappa shape index (κ2) is 12.2. The first-order valence-electron chi connectivity index (χ1n) is 12.3. The van der Waals surface area contributed by atoms with Crippen molar-refractivity contribution in [3.05, 3.63) is 70.4 Å². The number of nitrogens with one attached hydrogen (secondary N) is 2. The summed E-state index contributed by atoms with van der Waals surface area (Å²) in [6.07, 6.45) is 5.52. The van der Waals surface area contributed by atoms with Crippen LogP contribution in [0.2, 0.25) is 5.02 Å². The van der Waals surface area contributed by atoms with E-state index in [1.807, 2.05) is 24.3 Å². The zero-order valence-corrected chi connectivity index (χ0v) is 21.2. The molecule has 0 saturated heterocycles. The second-order valence-corrected chi connectivity index (χ2v) is 9.32. The highest BCUT2D eigenvalue weighted by molar-refractivity contribution is 6.30. The van der Waals surface area contributed by atoms with Crippen molar-refractivity contribution in [1.29, 1.82) is 0 Å². The van der Waals surface area contributed by atoms with E-state index in [4.69, 9.17) is 11.6 Å². The fourth-order valence-corrected chi connectivity index (χ4v) is 4.80. The number of halogens is 1. The minimum Gasteiger partial charge on any atom is -0.361 e. The Morgan fingerprint density at radius 2 is 1.82 bits per heavy atom. The lowest BCUT2D eigenvalue weighted by Gasteiger charge is -2.21. The summed E-state index contributed by atoms with van der Waals surface area (Å²) in [5, 5.41) is 5.13. The largest absolute Gasteiger partial charge is 0.361 e. The van der Waals surface area contributed by atoms with Gasteiger partial charge in [0.1, 0.15) is 0 Å². The third-order valence-electron chi connectivity index (χ3n) is 6.67. The summed E-state index contributed by atoms with van der Waals surface area (Å²) in [4.78, 5) is 19.0. The summed E-state index contributed by atoms with van der Waals surface area (Å²) in [7, 11) is 0. The van der Waals surface area contributed by atoms with Gasteiger partial charge in [-0.1, -0.05) is 62.7 Å². The molecule has 4 nitrogen and oxygen atoms in total. The molecule has 2 atom stereocenters. The van der Waals surface area contributed by atoms with Crippen LogP contribution in [0, 0.1) is 0 Å². The Bertz CT molecular complexity index is 1020. The van der Waals surface area contributed by atoms with Gasteiger partial charge >= 0.3 is 0 Å². The van der Waals surface area contributed by atoms with Gasteiger partial charge in [0.2, 0.25) is 5.91 Å². The molecule has 0 aliphatic rings. The van der Waals surface area contributed by atoms with Gasteiger partial charge < -0.3 is 15.2 Å². The second-order valence-electron chi connectivity index (χ2n) is 8.88. The van der Waals surface area contributed by atoms with E-state index in [-0.39, 0.29) is 17.9 Å². The molecule has 0 aliphatic carbocycles. The van der Waals surface area contributed by atoms with Crippen LogP contribution >= 0.6 is 11.6 Å². The SMILES string of the molecule is CCc1cccc2c(C(CC(=O)NC(C)CCCN(CC)CC)c3ccc(Cl)cc3)c[nH]c12. The van der Waals surface area contributed by atoms with Crippen LogP contribution in [-0.2, 0) is 11.2 Å². The minimum absolute atomic E-state index is 0.0361. The van der Waals surface area contributed by atoms with Gasteiger partial charge in [-0.25, -0.2) is 0 Å². The van der Waals surface area contributed by atoms with Crippen LogP contribution in [0.1, 0.15) is 69.6 Å². The molecular weight excluding hydrogens is 430 g/mol. The summed E-state index contributed by atoms with van der Waals surface area (Å²) >= 11 is 6.15. The number of amides is 1. The average molecular weight is 468 g/mol. The minimum atomic E-state index is -0.0361. The van der Waals surface area contributed by atoms with Crippen LogP contribution in [0.15, 0.2) is 48.7 Å². The molecule has 5 heteroatoms. The number of fused-ring (bicyclic) bond motifs is 1. The number of H-pyrrole nitrogens is 1. The Morgan fingerprint density at radius 3 is 2.48 bits per heavy atom. The number of carbonyl (C=O) groups excluding carboxylic acids is 1. The van der Waals surface area contributed by atoms with Gasteiger partial charge in [-0.15, -0.1) is 0 Å². The molecule has 3 aromatic rings. The maximum Gasteiger partial charge on any atom is 0.221 e. The fraction of sp³-hybridized carbons (Fsp3) is 0.464. The zero-order chi connectivity index (χ0) is 23.8. The molecule has 0 fully saturated rings. The standard InChI is InChI=1S/C28H38ClN3O/c1-5-21-11-8-12-24-26(19-30-28(21)24)25(22-13-15-23(29)16-14-22)18-27(33)31-20(4)10-9-17-32(6-2)7-3/h8,11-16,19-20,25,30H,5-7,9-10,17-18H2,1-4H3,(H,31,33). The van der Waals surface area contributed by atoms with Crippen molar-refractivity contribution >= 4 is 28.4 Å². The van der Waals surface area contributed by atoms with E-state index in [1.54, 1.807) is 0 Å². The molecule has 178 valence electrons. The van der Waals surface area contributed by atoms with Crippen molar-refractivity contribution < 1.29 is 4.79 Å². The third-order valence-corrected chi connectivity index (χ3v) is 6.92. The Morgan fingerprint density at radius 1 is 1.09 bits per heavy atom. The fourth-order valence-electron chi connectivity index (χ4n) is 4.68. The molecule has 0 saturated carbocycles. The average Bonchev–Trinajstić information content (AvgIpc) is 3.25. The van der Waals surface area contributed by atoms with Crippen molar-refractivity contribution in [2.24, 2.45) is 0 Å². The molecule has 1 heterocycles. The predicted octanol–water partition coefficient (Wildman–Crippen LogP) is 6.53. The van der Waals surface area contributed by atoms with E-state index in [2.05, 4.69) is 67.3 Å². The summed E-state index contributed by atoms with van der Waals surface area (Å²) < 4.78 is 0. The van der Waals surface area contributed by atoms with Crippen LogP contribution < -0.4 is 5.32 Å². The van der Waals surface area contributed by atoms with Gasteiger partial charge in [0.15, 0.2) is 0 Å². The highest BCUT2D eigenvalue weighted by Crippen LogP contribution is 2.35. The maximum absolute atomic E-state index is 13.1. The molecule has 1 aromatic heterocycles. The van der Waals surface area contributed by atoms with Crippen LogP contribution in [0.3, 0.4) is 0 Å². The molecule has 3 rings (SSSR count). The molecule has 2 N–H and O–H groups in total. The number of para-hydroxylation sites is 1. The first kappa shape index (κ1) is 25.3. The van der Waals surface area contributed by atoms with E-state index >= 15 is 0 Å². The quantitative estimate of drug-likeness (QED) is 0.318. The van der Waals surface area contributed by atoms with E-state index in [1.165, 1.54) is 16.5 Å². The number of carbonyl (C=O) groups is 1. The lowest BCUT2D eigenvalue weighted by molar-refractivity contribution is -0.121. The number of aromatic amines is 1. The van der Waals surface area contributed by atoms with Crippen LogP contribution in [0.25, 0.3) is 10.9 Å². The lowest BCUT2D eigenvalue weighted by atomic mass is 9.87. The number of rotatable bonds is 12. The molecule has 2 unspecified atom stereocenters. The monoisotopic (exact) mass is 467 g/mol. The predicted molar refractivity (Wildman–Crippen MR) is 140 cm³/mol. The van der Waals surface area contributed by atoms with Gasteiger partial charge in [0.05, 0.1) is 0 Å². The number of aromatic nitrogens is 1. The Labute approximate surface area is 203 Å². The summed E-state index contributed by atoms with van der Waals surface area (Å²) in [6.45, 7) is 11.9. The van der Waals surface area contributed by atoms with E-state index < -0.39 is 0 Å². The zero-order valence-electron chi connectivity index (χ0n) is 20.5. The number of hydrogen-bond donors (Lipinski definition) is 2. The van der Waals surface area contributed by atoms with Gasteiger partial charge in [-0.05, 0) is 74.6 Å². The Balaban J connectivity index is 1.76. The van der Waals surface area contributed by atoms with Gasteiger partial charge in [-0.2, -0.15) is 0 Å². The van der Waals surface area contributed by atoms with Gasteiger partial charge in [-0.3, -0.25) is 4.79 Å². The summed E-state index contributed by atoms with van der Waals surface area (Å²) in [5.41, 5.74) is 4.72. The molecule has 0 aliphatic heterocycles. The molecule has 2 aromatic carbocycles. The van der Waals surface area contributed by atoms with Crippen LogP contribution in [0.5, 0.6) is 0 Å². The number of nitrogens with zero attached hydrogens (tertiary/aromatic N) is 1. The molecule has 0 spiro atoms. The van der Waals surface area contributed by atoms with E-state index in [0.717, 1.165) is 50.0 Å². The normalized spacial score (nSPS) is 13.4. The van der Waals surface area contributed by atoms with Gasteiger partial charge in [0, 0.05) is 40.5 Å². The third kappa shape index (κ3) is 6.61. The molecule has 0 bridgehead atoms. The molecule has 0 radical (unpaired) electrons.